The fourth-order valence-corrected chi connectivity index (χ4v) is 4.34. The van der Waals surface area contributed by atoms with Crippen LogP contribution in [-0.2, 0) is 9.59 Å². The molecule has 34 heavy (non-hydrogen) atoms. The van der Waals surface area contributed by atoms with Gasteiger partial charge in [-0.15, -0.1) is 11.3 Å². The van der Waals surface area contributed by atoms with E-state index in [0.29, 0.717) is 23.4 Å². The number of hydrazine groups is 1. The number of rotatable bonds is 6. The van der Waals surface area contributed by atoms with Crippen molar-refractivity contribution in [3.63, 3.8) is 0 Å². The molecule has 0 radical (unpaired) electrons. The summed E-state index contributed by atoms with van der Waals surface area (Å²) in [6.07, 6.45) is 1.34. The molecule has 3 N–H and O–H groups in total. The molecule has 10 heteroatoms. The summed E-state index contributed by atoms with van der Waals surface area (Å²) in [7, 11) is 0. The Labute approximate surface area is 198 Å². The molecular weight excluding hydrogens is 459 g/mol. The van der Waals surface area contributed by atoms with Crippen LogP contribution in [0.25, 0.3) is 10.4 Å². The van der Waals surface area contributed by atoms with Crippen molar-refractivity contribution in [3.8, 4) is 10.4 Å². The largest absolute Gasteiger partial charge is 0.343 e. The Morgan fingerprint density at radius 1 is 0.912 bits per heavy atom. The third kappa shape index (κ3) is 5.46. The molecule has 0 aliphatic carbocycles. The molecule has 0 spiro atoms. The molecule has 0 atom stereocenters. The Balaban J connectivity index is 1.23. The summed E-state index contributed by atoms with van der Waals surface area (Å²) in [4.78, 5) is 51.2. The molecule has 1 aliphatic heterocycles. The van der Waals surface area contributed by atoms with Gasteiger partial charge in [-0.25, -0.2) is 4.39 Å². The first-order chi connectivity index (χ1) is 16.4. The highest BCUT2D eigenvalue weighted by Gasteiger charge is 2.21. The van der Waals surface area contributed by atoms with Gasteiger partial charge in [-0.05, 0) is 60.5 Å². The lowest BCUT2D eigenvalue weighted by atomic mass is 10.2. The molecule has 4 amide bonds. The van der Waals surface area contributed by atoms with Crippen LogP contribution in [0.2, 0.25) is 0 Å². The Morgan fingerprint density at radius 3 is 2.32 bits per heavy atom. The number of halogens is 1. The van der Waals surface area contributed by atoms with E-state index in [4.69, 9.17) is 0 Å². The fourth-order valence-electron chi connectivity index (χ4n) is 3.44. The summed E-state index contributed by atoms with van der Waals surface area (Å²) < 4.78 is 13.1. The van der Waals surface area contributed by atoms with Crippen LogP contribution in [0, 0.1) is 5.82 Å². The summed E-state index contributed by atoms with van der Waals surface area (Å²) in [6.45, 7) is 0.325. The number of anilines is 1. The smallest absolute Gasteiger partial charge is 0.279 e. The zero-order valence-electron chi connectivity index (χ0n) is 18.0. The number of nitrogens with zero attached hydrogens (tertiary/aromatic N) is 1. The normalized spacial score (nSPS) is 13.0. The van der Waals surface area contributed by atoms with E-state index in [1.54, 1.807) is 53.4 Å². The van der Waals surface area contributed by atoms with Gasteiger partial charge in [0.2, 0.25) is 5.91 Å². The van der Waals surface area contributed by atoms with E-state index in [9.17, 15) is 23.6 Å². The van der Waals surface area contributed by atoms with Gasteiger partial charge in [0.25, 0.3) is 17.7 Å². The number of carbonyl (C=O) groups is 4. The second kappa shape index (κ2) is 10.3. The molecule has 1 aliphatic rings. The van der Waals surface area contributed by atoms with Crippen LogP contribution < -0.4 is 21.1 Å². The highest BCUT2D eigenvalue weighted by Crippen LogP contribution is 2.28. The standard InChI is InChI=1S/C24H21FN4O4S/c25-17-7-3-15(4-8-17)19-11-12-20(34-19)24(33)28-27-21(30)14-26-23(32)16-5-9-18(10-6-16)29-13-1-2-22(29)31/h3-12H,1-2,13-14H2,(H,26,32)(H,27,30)(H,28,33). The topological polar surface area (TPSA) is 108 Å². The number of amides is 4. The monoisotopic (exact) mass is 480 g/mol. The molecule has 0 bridgehead atoms. The maximum absolute atomic E-state index is 13.1. The molecule has 1 aromatic heterocycles. The zero-order valence-corrected chi connectivity index (χ0v) is 18.8. The van der Waals surface area contributed by atoms with E-state index < -0.39 is 17.7 Å². The Hall–Kier alpha value is -4.05. The summed E-state index contributed by atoms with van der Waals surface area (Å²) >= 11 is 1.20. The lowest BCUT2D eigenvalue weighted by Crippen LogP contribution is -2.46. The number of benzene rings is 2. The molecule has 174 valence electrons. The predicted octanol–water partition coefficient (Wildman–Crippen LogP) is 2.87. The molecule has 0 unspecified atom stereocenters. The number of carbonyl (C=O) groups excluding carboxylic acids is 4. The molecule has 2 heterocycles. The van der Waals surface area contributed by atoms with Gasteiger partial charge in [-0.3, -0.25) is 30.0 Å². The Morgan fingerprint density at radius 2 is 1.65 bits per heavy atom. The minimum atomic E-state index is -0.601. The second-order valence-corrected chi connectivity index (χ2v) is 8.64. The van der Waals surface area contributed by atoms with Crippen LogP contribution in [0.1, 0.15) is 32.9 Å². The molecule has 8 nitrogen and oxygen atoms in total. The molecule has 3 aromatic rings. The quantitative estimate of drug-likeness (QED) is 0.472. The van der Waals surface area contributed by atoms with Crippen molar-refractivity contribution in [2.45, 2.75) is 12.8 Å². The van der Waals surface area contributed by atoms with Gasteiger partial charge in [0.15, 0.2) is 0 Å². The van der Waals surface area contributed by atoms with Crippen LogP contribution >= 0.6 is 11.3 Å². The van der Waals surface area contributed by atoms with Crippen molar-refractivity contribution in [3.05, 3.63) is 76.9 Å². The van der Waals surface area contributed by atoms with Gasteiger partial charge < -0.3 is 10.2 Å². The molecule has 4 rings (SSSR count). The van der Waals surface area contributed by atoms with Gasteiger partial charge in [0.05, 0.1) is 11.4 Å². The number of hydrogen-bond donors (Lipinski definition) is 3. The lowest BCUT2D eigenvalue weighted by molar-refractivity contribution is -0.121. The van der Waals surface area contributed by atoms with Crippen molar-refractivity contribution in [2.75, 3.05) is 18.0 Å². The van der Waals surface area contributed by atoms with E-state index in [-0.39, 0.29) is 18.3 Å². The van der Waals surface area contributed by atoms with Gasteiger partial charge in [-0.1, -0.05) is 12.1 Å². The van der Waals surface area contributed by atoms with Gasteiger partial charge in [0.1, 0.15) is 5.82 Å². The summed E-state index contributed by atoms with van der Waals surface area (Å²) in [5.41, 5.74) is 6.41. The van der Waals surface area contributed by atoms with Crippen molar-refractivity contribution < 1.29 is 23.6 Å². The maximum Gasteiger partial charge on any atom is 0.279 e. The average molecular weight is 481 g/mol. The van der Waals surface area contributed by atoms with Crippen LogP contribution in [0.3, 0.4) is 0 Å². The minimum Gasteiger partial charge on any atom is -0.343 e. The van der Waals surface area contributed by atoms with Crippen molar-refractivity contribution >= 4 is 40.7 Å². The van der Waals surface area contributed by atoms with E-state index in [0.717, 1.165) is 22.5 Å². The summed E-state index contributed by atoms with van der Waals surface area (Å²) in [6, 6.07) is 15.8. The fraction of sp³-hybridized carbons (Fsp3) is 0.167. The minimum absolute atomic E-state index is 0.0603. The third-order valence-electron chi connectivity index (χ3n) is 5.20. The van der Waals surface area contributed by atoms with Crippen LogP contribution in [-0.4, -0.2) is 36.7 Å². The second-order valence-electron chi connectivity index (χ2n) is 7.55. The summed E-state index contributed by atoms with van der Waals surface area (Å²) in [5.74, 6) is -1.85. The average Bonchev–Trinajstić information content (AvgIpc) is 3.51. The third-order valence-corrected chi connectivity index (χ3v) is 6.33. The van der Waals surface area contributed by atoms with Crippen LogP contribution in [0.4, 0.5) is 10.1 Å². The number of thiophene rings is 1. The van der Waals surface area contributed by atoms with E-state index >= 15 is 0 Å². The Bertz CT molecular complexity index is 1220. The van der Waals surface area contributed by atoms with Gasteiger partial charge >= 0.3 is 0 Å². The van der Waals surface area contributed by atoms with E-state index in [1.165, 1.54) is 23.5 Å². The SMILES string of the molecule is O=C(CNC(=O)c1ccc(N2CCCC2=O)cc1)NNC(=O)c1ccc(-c2ccc(F)cc2)s1. The van der Waals surface area contributed by atoms with Gasteiger partial charge in [-0.2, -0.15) is 0 Å². The van der Waals surface area contributed by atoms with Gasteiger partial charge in [0, 0.05) is 29.1 Å². The van der Waals surface area contributed by atoms with Crippen molar-refractivity contribution in [1.29, 1.82) is 0 Å². The molecule has 1 fully saturated rings. The highest BCUT2D eigenvalue weighted by molar-refractivity contribution is 7.17. The zero-order chi connectivity index (χ0) is 24.1. The first kappa shape index (κ1) is 23.1. The lowest BCUT2D eigenvalue weighted by Gasteiger charge is -2.15. The Kier molecular flexibility index (Phi) is 6.98. The molecule has 1 saturated heterocycles. The number of hydrogen-bond acceptors (Lipinski definition) is 5. The van der Waals surface area contributed by atoms with E-state index in [1.807, 2.05) is 0 Å². The molecule has 2 aromatic carbocycles. The van der Waals surface area contributed by atoms with E-state index in [2.05, 4.69) is 16.2 Å². The van der Waals surface area contributed by atoms with Crippen molar-refractivity contribution in [1.82, 2.24) is 16.2 Å². The van der Waals surface area contributed by atoms with Crippen LogP contribution in [0.5, 0.6) is 0 Å². The number of nitrogens with one attached hydrogen (secondary N) is 3. The summed E-state index contributed by atoms with van der Waals surface area (Å²) in [5, 5.41) is 2.48. The predicted molar refractivity (Wildman–Crippen MR) is 126 cm³/mol. The first-order valence-electron chi connectivity index (χ1n) is 10.5. The first-order valence-corrected chi connectivity index (χ1v) is 11.4. The highest BCUT2D eigenvalue weighted by atomic mass is 32.1. The maximum atomic E-state index is 13.1. The van der Waals surface area contributed by atoms with Crippen molar-refractivity contribution in [2.24, 2.45) is 0 Å². The molecule has 0 saturated carbocycles. The van der Waals surface area contributed by atoms with Crippen LogP contribution in [0.15, 0.2) is 60.7 Å². The molecular formula is C24H21FN4O4S.